The fourth-order valence-electron chi connectivity index (χ4n) is 1.67. The number of hydrogen-bond acceptors (Lipinski definition) is 4. The third-order valence-corrected chi connectivity index (χ3v) is 2.60. The third-order valence-electron chi connectivity index (χ3n) is 2.60. The Bertz CT molecular complexity index is 307. The van der Waals surface area contributed by atoms with E-state index in [0.717, 1.165) is 0 Å². The van der Waals surface area contributed by atoms with E-state index < -0.39 is 16.6 Å². The molecular formula is C14H28O4Sr. The Morgan fingerprint density at radius 1 is 0.947 bits per heavy atom. The Labute approximate surface area is 156 Å². The number of Topliss-reactive ketones (excluding diaryl/α,β-unsaturated/α-hetero) is 2. The van der Waals surface area contributed by atoms with E-state index in [9.17, 15) is 9.59 Å². The third kappa shape index (κ3) is 5.21. The molecule has 0 atom stereocenters. The minimum Gasteiger partial charge on any atom is -1.00 e. The summed E-state index contributed by atoms with van der Waals surface area (Å²) < 4.78 is 10.7. The first kappa shape index (κ1) is 22.0. The monoisotopic (exact) mass is 348 g/mol. The predicted octanol–water partition coefficient (Wildman–Crippen LogP) is 2.44. The average molecular weight is 348 g/mol. The average Bonchev–Trinajstić information content (AvgIpc) is 2.21. The molecule has 0 rings (SSSR count). The summed E-state index contributed by atoms with van der Waals surface area (Å²) in [7, 11) is 1.34. The van der Waals surface area contributed by atoms with E-state index in [4.69, 9.17) is 9.47 Å². The smallest absolute Gasteiger partial charge is 1.00 e. The van der Waals surface area contributed by atoms with E-state index in [0.29, 0.717) is 0 Å². The zero-order valence-corrected chi connectivity index (χ0v) is 17.0. The van der Waals surface area contributed by atoms with Gasteiger partial charge >= 0.3 is 45.5 Å². The van der Waals surface area contributed by atoms with Crippen LogP contribution < -0.4 is 0 Å². The van der Waals surface area contributed by atoms with Gasteiger partial charge in [0.25, 0.3) is 5.79 Å². The van der Waals surface area contributed by atoms with Crippen LogP contribution in [-0.4, -0.2) is 76.6 Å². The molecule has 0 saturated carbocycles. The molecule has 19 heavy (non-hydrogen) atoms. The summed E-state index contributed by atoms with van der Waals surface area (Å²) in [5, 5.41) is 0. The number of hydrogen-bond donors (Lipinski definition) is 0. The van der Waals surface area contributed by atoms with Crippen molar-refractivity contribution in [3.05, 3.63) is 0 Å². The Morgan fingerprint density at radius 2 is 1.26 bits per heavy atom. The van der Waals surface area contributed by atoms with Crippen LogP contribution in [0.25, 0.3) is 0 Å². The number of carbonyl (C=O) groups excluding carboxylic acids is 2. The number of rotatable bonds is 5. The summed E-state index contributed by atoms with van der Waals surface area (Å²) >= 11 is 0. The zero-order valence-electron chi connectivity index (χ0n) is 15.5. The number of ketones is 2. The Morgan fingerprint density at radius 3 is 1.42 bits per heavy atom. The van der Waals surface area contributed by atoms with E-state index >= 15 is 0 Å². The molecule has 0 radical (unpaired) electrons. The van der Waals surface area contributed by atoms with Gasteiger partial charge in [-0.2, -0.15) is 0 Å². The molecule has 0 N–H and O–H groups in total. The first-order chi connectivity index (χ1) is 7.93. The van der Waals surface area contributed by atoms with Gasteiger partial charge in [0.15, 0.2) is 0 Å². The summed E-state index contributed by atoms with van der Waals surface area (Å²) in [6.07, 6.45) is 0. The molecule has 0 fully saturated rings. The van der Waals surface area contributed by atoms with Crippen LogP contribution in [0.5, 0.6) is 0 Å². The molecule has 0 saturated heterocycles. The van der Waals surface area contributed by atoms with Gasteiger partial charge in [0.1, 0.15) is 0 Å². The fraction of sp³-hybridized carbons (Fsp3) is 0.857. The Hall–Kier alpha value is 0.741. The van der Waals surface area contributed by atoms with Crippen LogP contribution in [0.3, 0.4) is 0 Å². The van der Waals surface area contributed by atoms with Crippen LogP contribution in [0.15, 0.2) is 0 Å². The van der Waals surface area contributed by atoms with Crippen molar-refractivity contribution in [1.82, 2.24) is 0 Å². The molecular weight excluding hydrogens is 320 g/mol. The summed E-state index contributed by atoms with van der Waals surface area (Å²) in [6, 6.07) is 0. The van der Waals surface area contributed by atoms with Gasteiger partial charge in [0.2, 0.25) is 11.6 Å². The van der Waals surface area contributed by atoms with E-state index in [-0.39, 0.29) is 66.5 Å². The molecule has 0 aliphatic heterocycles. The van der Waals surface area contributed by atoms with Gasteiger partial charge in [-0.15, -0.1) is 0 Å². The Kier molecular flexibility index (Phi) is 8.89. The molecule has 0 aromatic rings. The van der Waals surface area contributed by atoms with Crippen molar-refractivity contribution in [3.8, 4) is 0 Å². The summed E-state index contributed by atoms with van der Waals surface area (Å²) in [5.41, 5.74) is -1.43. The van der Waals surface area contributed by atoms with Crippen molar-refractivity contribution in [3.63, 3.8) is 0 Å². The zero-order chi connectivity index (χ0) is 14.8. The summed E-state index contributed by atoms with van der Waals surface area (Å²) in [4.78, 5) is 25.1. The van der Waals surface area contributed by atoms with Crippen LogP contribution in [0.4, 0.5) is 0 Å². The van der Waals surface area contributed by atoms with Gasteiger partial charge in [-0.05, 0) is 6.92 Å². The molecule has 0 aliphatic rings. The van der Waals surface area contributed by atoms with E-state index in [2.05, 4.69) is 0 Å². The second-order valence-corrected chi connectivity index (χ2v) is 6.41. The molecule has 110 valence electrons. The maximum atomic E-state index is 12.5. The normalized spacial score (nSPS) is 12.8. The van der Waals surface area contributed by atoms with Gasteiger partial charge in [0.05, 0.1) is 0 Å². The number of carbonyl (C=O) groups is 2. The van der Waals surface area contributed by atoms with Crippen molar-refractivity contribution in [2.45, 2.75) is 54.3 Å². The van der Waals surface area contributed by atoms with E-state index in [1.807, 2.05) is 0 Å². The first-order valence-corrected chi connectivity index (χ1v) is 6.22. The van der Waals surface area contributed by atoms with Crippen molar-refractivity contribution >= 4 is 57.0 Å². The SMILES string of the molecule is CCOC(OC)(C(=O)C(C)(C)C)C(=O)C(C)(C)C.[H-].[H-].[Sr+2]. The minimum atomic E-state index is -1.80. The molecule has 0 heterocycles. The van der Waals surface area contributed by atoms with Crippen molar-refractivity contribution in [2.24, 2.45) is 10.8 Å². The molecule has 0 aromatic heterocycles. The van der Waals surface area contributed by atoms with E-state index in [1.165, 1.54) is 7.11 Å². The van der Waals surface area contributed by atoms with Gasteiger partial charge in [-0.25, -0.2) is 0 Å². The summed E-state index contributed by atoms with van der Waals surface area (Å²) in [5.74, 6) is -2.50. The minimum absolute atomic E-state index is 0. The van der Waals surface area contributed by atoms with Gasteiger partial charge < -0.3 is 12.3 Å². The maximum absolute atomic E-state index is 12.5. The van der Waals surface area contributed by atoms with E-state index in [1.54, 1.807) is 48.5 Å². The second-order valence-electron chi connectivity index (χ2n) is 6.41. The summed E-state index contributed by atoms with van der Waals surface area (Å²) in [6.45, 7) is 12.5. The van der Waals surface area contributed by atoms with Crippen LogP contribution in [0.2, 0.25) is 0 Å². The van der Waals surface area contributed by atoms with Crippen molar-refractivity contribution < 1.29 is 21.9 Å². The molecule has 0 aromatic carbocycles. The second kappa shape index (κ2) is 7.66. The molecule has 0 spiro atoms. The largest absolute Gasteiger partial charge is 2.00 e. The number of methoxy groups -OCH3 is 1. The molecule has 5 heteroatoms. The van der Waals surface area contributed by atoms with Gasteiger partial charge in [-0.3, -0.25) is 9.59 Å². The quantitative estimate of drug-likeness (QED) is 0.435. The molecule has 0 aliphatic carbocycles. The molecule has 0 unspecified atom stereocenters. The molecule has 0 amide bonds. The van der Waals surface area contributed by atoms with Crippen LogP contribution >= 0.6 is 0 Å². The fourth-order valence-corrected chi connectivity index (χ4v) is 1.67. The first-order valence-electron chi connectivity index (χ1n) is 6.22. The maximum Gasteiger partial charge on any atom is 2.00 e. The van der Waals surface area contributed by atoms with Crippen LogP contribution in [0.1, 0.15) is 51.3 Å². The van der Waals surface area contributed by atoms with Crippen molar-refractivity contribution in [1.29, 1.82) is 0 Å². The van der Waals surface area contributed by atoms with Crippen molar-refractivity contribution in [2.75, 3.05) is 13.7 Å². The number of ether oxygens (including phenoxy) is 2. The predicted molar refractivity (Wildman–Crippen MR) is 78.3 cm³/mol. The van der Waals surface area contributed by atoms with Gasteiger partial charge in [0, 0.05) is 24.5 Å². The Balaban J connectivity index is -0.000000482. The van der Waals surface area contributed by atoms with Crippen LogP contribution in [-0.2, 0) is 19.1 Å². The molecule has 0 bridgehead atoms. The van der Waals surface area contributed by atoms with Gasteiger partial charge in [-0.1, -0.05) is 41.5 Å². The van der Waals surface area contributed by atoms with Crippen LogP contribution in [0, 0.1) is 10.8 Å². The standard InChI is InChI=1S/C14H26O4.Sr.2H/c1-9-18-14(17-8,10(15)12(2,3)4)11(16)13(5,6)7;;;/h9H2,1-8H3;;;/q;+2;2*-1. The topological polar surface area (TPSA) is 52.6 Å². The molecule has 4 nitrogen and oxygen atoms in total.